The fourth-order valence-corrected chi connectivity index (χ4v) is 5.10. The van der Waals surface area contributed by atoms with Crippen molar-refractivity contribution in [3.63, 3.8) is 0 Å². The van der Waals surface area contributed by atoms with Crippen LogP contribution in [0, 0.1) is 0 Å². The Morgan fingerprint density at radius 3 is 2.55 bits per heavy atom. The van der Waals surface area contributed by atoms with Crippen molar-refractivity contribution in [2.45, 2.75) is 38.6 Å². The predicted octanol–water partition coefficient (Wildman–Crippen LogP) is 2.68. The van der Waals surface area contributed by atoms with Gasteiger partial charge in [-0.2, -0.15) is 0 Å². The highest BCUT2D eigenvalue weighted by Crippen LogP contribution is 2.36. The summed E-state index contributed by atoms with van der Waals surface area (Å²) >= 11 is 0. The molecule has 4 heterocycles. The number of aromatic nitrogens is 4. The van der Waals surface area contributed by atoms with E-state index in [1.165, 1.54) is 13.3 Å². The van der Waals surface area contributed by atoms with Crippen LogP contribution in [0.1, 0.15) is 49.0 Å². The van der Waals surface area contributed by atoms with Crippen molar-refractivity contribution in [1.29, 1.82) is 0 Å². The van der Waals surface area contributed by atoms with Crippen molar-refractivity contribution in [3.8, 4) is 0 Å². The van der Waals surface area contributed by atoms with Gasteiger partial charge in [-0.15, -0.1) is 0 Å². The van der Waals surface area contributed by atoms with Crippen LogP contribution in [0.4, 0.5) is 17.2 Å². The minimum atomic E-state index is -0.278. The Labute approximate surface area is 192 Å². The molecule has 3 aromatic rings. The Balaban J connectivity index is 1.63. The summed E-state index contributed by atoms with van der Waals surface area (Å²) in [5.41, 5.74) is 2.04. The second-order valence-electron chi connectivity index (χ2n) is 8.82. The Hall–Kier alpha value is -3.33. The number of nitrogens with zero attached hydrogens (tertiary/aromatic N) is 6. The largest absolute Gasteiger partial charge is 0.368 e. The zero-order valence-corrected chi connectivity index (χ0v) is 19.1. The van der Waals surface area contributed by atoms with Crippen LogP contribution < -0.4 is 20.7 Å². The number of pyridine rings is 2. The van der Waals surface area contributed by atoms with Gasteiger partial charge in [0.25, 0.3) is 5.56 Å². The maximum Gasteiger partial charge on any atom is 0.265 e. The summed E-state index contributed by atoms with van der Waals surface area (Å²) < 4.78 is 1.72. The second-order valence-corrected chi connectivity index (χ2v) is 8.82. The lowest BCUT2D eigenvalue weighted by molar-refractivity contribution is 0.101. The molecule has 33 heavy (non-hydrogen) atoms. The molecule has 0 radical (unpaired) electrons. The van der Waals surface area contributed by atoms with Crippen LogP contribution in [0.2, 0.25) is 0 Å². The van der Waals surface area contributed by atoms with Crippen molar-refractivity contribution in [2.24, 2.45) is 0 Å². The molecule has 1 saturated heterocycles. The van der Waals surface area contributed by atoms with Gasteiger partial charge < -0.3 is 15.1 Å². The van der Waals surface area contributed by atoms with E-state index in [1.807, 2.05) is 30.3 Å². The summed E-state index contributed by atoms with van der Waals surface area (Å²) in [7, 11) is 1.83. The molecule has 5 rings (SSSR count). The van der Waals surface area contributed by atoms with Gasteiger partial charge >= 0.3 is 0 Å². The van der Waals surface area contributed by atoms with E-state index in [9.17, 15) is 9.59 Å². The number of carbonyl (C=O) groups excluding carboxylic acids is 1. The lowest BCUT2D eigenvalue weighted by Crippen LogP contribution is -2.43. The molecular formula is C24H29N7O2. The molecule has 1 aliphatic carbocycles. The maximum atomic E-state index is 13.7. The molecular weight excluding hydrogens is 418 g/mol. The maximum absolute atomic E-state index is 13.7. The molecule has 9 nitrogen and oxygen atoms in total. The van der Waals surface area contributed by atoms with Crippen LogP contribution in [0.5, 0.6) is 0 Å². The van der Waals surface area contributed by atoms with E-state index in [1.54, 1.807) is 10.8 Å². The number of rotatable bonds is 5. The number of carbonyl (C=O) groups is 1. The number of anilines is 3. The van der Waals surface area contributed by atoms with Crippen LogP contribution in [0.3, 0.4) is 0 Å². The SMILES string of the molecule is CC(=O)c1c(N(C)c2ccc(N3CCNCC3)cn2)c2cncnc2n(C2CCCC2)c1=O. The molecule has 1 N–H and O–H groups in total. The lowest BCUT2D eigenvalue weighted by Gasteiger charge is -2.30. The van der Waals surface area contributed by atoms with Crippen LogP contribution in [-0.2, 0) is 0 Å². The minimum absolute atomic E-state index is 0.0591. The third-order valence-corrected chi connectivity index (χ3v) is 6.78. The fourth-order valence-electron chi connectivity index (χ4n) is 5.10. The number of ketones is 1. The van der Waals surface area contributed by atoms with Crippen LogP contribution in [0.15, 0.2) is 35.6 Å². The molecule has 0 atom stereocenters. The molecule has 1 aliphatic heterocycles. The first-order valence-corrected chi connectivity index (χ1v) is 11.6. The Morgan fingerprint density at radius 1 is 1.12 bits per heavy atom. The summed E-state index contributed by atoms with van der Waals surface area (Å²) in [4.78, 5) is 43.9. The average molecular weight is 448 g/mol. The summed E-state index contributed by atoms with van der Waals surface area (Å²) in [5, 5.41) is 4.04. The molecule has 2 fully saturated rings. The van der Waals surface area contributed by atoms with Gasteiger partial charge in [0.2, 0.25) is 0 Å². The number of fused-ring (bicyclic) bond motifs is 1. The molecule has 1 saturated carbocycles. The van der Waals surface area contributed by atoms with Gasteiger partial charge in [0.1, 0.15) is 23.4 Å². The monoisotopic (exact) mass is 447 g/mol. The Kier molecular flexibility index (Phi) is 5.80. The third-order valence-electron chi connectivity index (χ3n) is 6.78. The van der Waals surface area contributed by atoms with Crippen molar-refractivity contribution < 1.29 is 4.79 Å². The lowest BCUT2D eigenvalue weighted by atomic mass is 10.1. The first kappa shape index (κ1) is 21.5. The highest BCUT2D eigenvalue weighted by atomic mass is 16.1. The van der Waals surface area contributed by atoms with E-state index >= 15 is 0 Å². The highest BCUT2D eigenvalue weighted by Gasteiger charge is 2.28. The summed E-state index contributed by atoms with van der Waals surface area (Å²) in [6.07, 6.45) is 8.99. The average Bonchev–Trinajstić information content (AvgIpc) is 3.37. The van der Waals surface area contributed by atoms with Gasteiger partial charge in [-0.05, 0) is 31.9 Å². The summed E-state index contributed by atoms with van der Waals surface area (Å²) in [6.45, 7) is 5.23. The molecule has 0 amide bonds. The van der Waals surface area contributed by atoms with Crippen LogP contribution in [-0.4, -0.2) is 58.5 Å². The molecule has 3 aromatic heterocycles. The zero-order valence-electron chi connectivity index (χ0n) is 19.1. The first-order chi connectivity index (χ1) is 16.1. The molecule has 0 spiro atoms. The zero-order chi connectivity index (χ0) is 22.9. The summed E-state index contributed by atoms with van der Waals surface area (Å²) in [6, 6.07) is 4.03. The van der Waals surface area contributed by atoms with E-state index in [0.29, 0.717) is 22.5 Å². The molecule has 0 bridgehead atoms. The molecule has 0 unspecified atom stereocenters. The van der Waals surface area contributed by atoms with Crippen molar-refractivity contribution in [2.75, 3.05) is 43.0 Å². The van der Waals surface area contributed by atoms with E-state index in [2.05, 4.69) is 25.2 Å². The smallest absolute Gasteiger partial charge is 0.265 e. The standard InChI is InChI=1S/C24H29N7O2/c1-16(32)21-22(29(2)20-8-7-18(13-27-20)30-11-9-25-10-12-30)19-14-26-15-28-23(19)31(24(21)33)17-5-3-4-6-17/h7-8,13-15,17,25H,3-6,9-12H2,1-2H3. The Bertz CT molecular complexity index is 1230. The van der Waals surface area contributed by atoms with E-state index in [4.69, 9.17) is 0 Å². The van der Waals surface area contributed by atoms with Crippen LogP contribution >= 0.6 is 0 Å². The molecule has 0 aromatic carbocycles. The number of hydrogen-bond donors (Lipinski definition) is 1. The van der Waals surface area contributed by atoms with E-state index in [-0.39, 0.29) is 22.9 Å². The topological polar surface area (TPSA) is 96.2 Å². The van der Waals surface area contributed by atoms with Crippen LogP contribution in [0.25, 0.3) is 11.0 Å². The molecule has 2 aliphatic rings. The quantitative estimate of drug-likeness (QED) is 0.597. The van der Waals surface area contributed by atoms with Gasteiger partial charge in [0.05, 0.1) is 23.0 Å². The van der Waals surface area contributed by atoms with Gasteiger partial charge in [0.15, 0.2) is 5.78 Å². The van der Waals surface area contributed by atoms with E-state index < -0.39 is 0 Å². The second kappa shape index (κ2) is 8.90. The van der Waals surface area contributed by atoms with Gasteiger partial charge in [-0.25, -0.2) is 15.0 Å². The number of piperazine rings is 1. The van der Waals surface area contributed by atoms with Crippen molar-refractivity contribution >= 4 is 34.0 Å². The molecule has 172 valence electrons. The van der Waals surface area contributed by atoms with Gasteiger partial charge in [-0.3, -0.25) is 14.2 Å². The normalized spacial score (nSPS) is 17.0. The number of Topliss-reactive ketones (excluding diaryl/α,β-unsaturated/α-hetero) is 1. The summed E-state index contributed by atoms with van der Waals surface area (Å²) in [5.74, 6) is 0.386. The van der Waals surface area contributed by atoms with Crippen molar-refractivity contribution in [3.05, 3.63) is 46.8 Å². The van der Waals surface area contributed by atoms with E-state index in [0.717, 1.165) is 57.5 Å². The predicted molar refractivity (Wildman–Crippen MR) is 129 cm³/mol. The van der Waals surface area contributed by atoms with Gasteiger partial charge in [0, 0.05) is 45.5 Å². The number of hydrogen-bond acceptors (Lipinski definition) is 8. The third kappa shape index (κ3) is 3.86. The minimum Gasteiger partial charge on any atom is -0.368 e. The van der Waals surface area contributed by atoms with Crippen molar-refractivity contribution in [1.82, 2.24) is 24.8 Å². The highest BCUT2D eigenvalue weighted by molar-refractivity contribution is 6.07. The number of nitrogens with one attached hydrogen (secondary N) is 1. The Morgan fingerprint density at radius 2 is 1.88 bits per heavy atom. The molecule has 9 heteroatoms. The fraction of sp³-hybridized carbons (Fsp3) is 0.458. The first-order valence-electron chi connectivity index (χ1n) is 11.6. The van der Waals surface area contributed by atoms with Gasteiger partial charge in [-0.1, -0.05) is 12.8 Å².